The molecule has 1 atom stereocenters. The van der Waals surface area contributed by atoms with Gasteiger partial charge in [0.1, 0.15) is 0 Å². The highest BCUT2D eigenvalue weighted by atomic mass is 16.5. The summed E-state index contributed by atoms with van der Waals surface area (Å²) in [5, 5.41) is 27.4. The van der Waals surface area contributed by atoms with Crippen LogP contribution >= 0.6 is 0 Å². The van der Waals surface area contributed by atoms with Crippen LogP contribution in [0.2, 0.25) is 0 Å². The first-order valence-corrected chi connectivity index (χ1v) is 4.32. The fraction of sp³-hybridized carbons (Fsp3) is 0.750. The first-order valence-electron chi connectivity index (χ1n) is 4.32. The van der Waals surface area contributed by atoms with Crippen molar-refractivity contribution in [3.05, 3.63) is 0 Å². The molecule has 0 aromatic rings. The molecule has 3 N–H and O–H groups in total. The molecule has 0 unspecified atom stereocenters. The fourth-order valence-electron chi connectivity index (χ4n) is 1.29. The minimum Gasteiger partial charge on any atom is -0.481 e. The molecular formula is C8H15NO5. The number of hydrogen-bond acceptors (Lipinski definition) is 4. The molecule has 6 heteroatoms. The number of hydroxylamine groups is 2. The van der Waals surface area contributed by atoms with Gasteiger partial charge < -0.3 is 15.4 Å². The second kappa shape index (κ2) is 4.92. The van der Waals surface area contributed by atoms with Crippen molar-refractivity contribution in [1.82, 2.24) is 5.06 Å². The monoisotopic (exact) mass is 205 g/mol. The zero-order valence-electron chi connectivity index (χ0n) is 8.23. The van der Waals surface area contributed by atoms with Crippen LogP contribution in [0.1, 0.15) is 26.7 Å². The third-order valence-electron chi connectivity index (χ3n) is 2.22. The van der Waals surface area contributed by atoms with E-state index < -0.39 is 23.9 Å². The molecule has 0 rings (SSSR count). The predicted molar refractivity (Wildman–Crippen MR) is 47.1 cm³/mol. The van der Waals surface area contributed by atoms with E-state index in [0.29, 0.717) is 5.06 Å². The molecule has 0 fully saturated rings. The highest BCUT2D eigenvalue weighted by molar-refractivity contribution is 5.84. The van der Waals surface area contributed by atoms with Crippen LogP contribution in [-0.2, 0) is 9.59 Å². The summed E-state index contributed by atoms with van der Waals surface area (Å²) in [6.45, 7) is 3.14. The Morgan fingerprint density at radius 1 is 1.29 bits per heavy atom. The van der Waals surface area contributed by atoms with Gasteiger partial charge in [0.05, 0.1) is 6.42 Å². The second-order valence-electron chi connectivity index (χ2n) is 2.98. The van der Waals surface area contributed by atoms with Crippen LogP contribution in [0, 0.1) is 0 Å². The van der Waals surface area contributed by atoms with Crippen molar-refractivity contribution in [3.63, 3.8) is 0 Å². The summed E-state index contributed by atoms with van der Waals surface area (Å²) in [6.07, 6.45) is -0.595. The van der Waals surface area contributed by atoms with Crippen LogP contribution in [0.15, 0.2) is 0 Å². The maximum absolute atomic E-state index is 10.9. The smallest absolute Gasteiger partial charge is 0.327 e. The number of aliphatic carboxylic acids is 2. The van der Waals surface area contributed by atoms with Crippen LogP contribution in [0.4, 0.5) is 0 Å². The third kappa shape index (κ3) is 2.43. The van der Waals surface area contributed by atoms with Gasteiger partial charge in [-0.25, -0.2) is 0 Å². The summed E-state index contributed by atoms with van der Waals surface area (Å²) in [4.78, 5) is 21.4. The van der Waals surface area contributed by atoms with Gasteiger partial charge >= 0.3 is 11.9 Å². The zero-order chi connectivity index (χ0) is 11.4. The van der Waals surface area contributed by atoms with Crippen molar-refractivity contribution in [2.24, 2.45) is 0 Å². The number of hydrogen-bond donors (Lipinski definition) is 3. The summed E-state index contributed by atoms with van der Waals surface area (Å²) in [5.74, 6) is -2.58. The van der Waals surface area contributed by atoms with Crippen molar-refractivity contribution < 1.29 is 25.0 Å². The minimum absolute atomic E-state index is 0.0268. The van der Waals surface area contributed by atoms with Crippen molar-refractivity contribution in [3.8, 4) is 0 Å². The second-order valence-corrected chi connectivity index (χ2v) is 2.98. The highest BCUT2D eigenvalue weighted by Gasteiger charge is 2.44. The Hall–Kier alpha value is -1.14. The highest BCUT2D eigenvalue weighted by Crippen LogP contribution is 2.22. The van der Waals surface area contributed by atoms with E-state index in [1.165, 1.54) is 6.92 Å². The third-order valence-corrected chi connectivity index (χ3v) is 2.22. The van der Waals surface area contributed by atoms with Gasteiger partial charge in [-0.1, -0.05) is 13.8 Å². The molecular weight excluding hydrogens is 190 g/mol. The van der Waals surface area contributed by atoms with Crippen molar-refractivity contribution >= 4 is 11.9 Å². The Morgan fingerprint density at radius 3 is 2.00 bits per heavy atom. The topological polar surface area (TPSA) is 98.1 Å². The van der Waals surface area contributed by atoms with Crippen LogP contribution in [0.25, 0.3) is 0 Å². The Morgan fingerprint density at radius 2 is 1.79 bits per heavy atom. The standard InChI is InChI=1S/C8H15NO5/c1-3-8(7(12)13,5-6(10)11)9(14)4-2/h14H,3-5H2,1-2H3,(H,10,11)(H,12,13)/t8-/m0/s1. The van der Waals surface area contributed by atoms with E-state index in [9.17, 15) is 14.8 Å². The molecule has 0 aliphatic heterocycles. The maximum atomic E-state index is 10.9. The van der Waals surface area contributed by atoms with Gasteiger partial charge in [-0.3, -0.25) is 9.59 Å². The largest absolute Gasteiger partial charge is 0.481 e. The van der Waals surface area contributed by atoms with Gasteiger partial charge in [0.2, 0.25) is 0 Å². The lowest BCUT2D eigenvalue weighted by Crippen LogP contribution is -2.54. The van der Waals surface area contributed by atoms with Crippen LogP contribution in [-0.4, -0.2) is 44.5 Å². The molecule has 0 aromatic heterocycles. The normalized spacial score (nSPS) is 15.1. The number of rotatable bonds is 6. The molecule has 0 saturated heterocycles. The first kappa shape index (κ1) is 12.9. The van der Waals surface area contributed by atoms with E-state index in [1.54, 1.807) is 6.92 Å². The van der Waals surface area contributed by atoms with Gasteiger partial charge in [0, 0.05) is 6.54 Å². The van der Waals surface area contributed by atoms with E-state index in [1.807, 2.05) is 0 Å². The molecule has 0 amide bonds. The zero-order valence-corrected chi connectivity index (χ0v) is 8.23. The summed E-state index contributed by atoms with van der Waals surface area (Å²) in [7, 11) is 0. The van der Waals surface area contributed by atoms with E-state index in [2.05, 4.69) is 0 Å². The SMILES string of the molecule is CCN(O)[C@@](CC)(CC(=O)O)C(=O)O. The number of carbonyl (C=O) groups is 2. The van der Waals surface area contributed by atoms with Crippen molar-refractivity contribution in [1.29, 1.82) is 0 Å². The summed E-state index contributed by atoms with van der Waals surface area (Å²) < 4.78 is 0. The van der Waals surface area contributed by atoms with Crippen molar-refractivity contribution in [2.75, 3.05) is 6.54 Å². The molecule has 0 spiro atoms. The Kier molecular flexibility index (Phi) is 4.52. The number of carboxylic acid groups (broad SMARTS) is 2. The average molecular weight is 205 g/mol. The summed E-state index contributed by atoms with van der Waals surface area (Å²) in [5.41, 5.74) is -1.72. The Balaban J connectivity index is 4.97. The molecule has 0 aliphatic rings. The summed E-state index contributed by atoms with van der Waals surface area (Å²) in [6, 6.07) is 0. The number of nitrogens with zero attached hydrogens (tertiary/aromatic N) is 1. The molecule has 14 heavy (non-hydrogen) atoms. The fourth-order valence-corrected chi connectivity index (χ4v) is 1.29. The molecule has 82 valence electrons. The van der Waals surface area contributed by atoms with E-state index >= 15 is 0 Å². The van der Waals surface area contributed by atoms with Gasteiger partial charge in [-0.2, -0.15) is 5.06 Å². The van der Waals surface area contributed by atoms with Gasteiger partial charge in [-0.05, 0) is 6.42 Å². The lowest BCUT2D eigenvalue weighted by Gasteiger charge is -2.33. The van der Waals surface area contributed by atoms with Gasteiger partial charge in [0.25, 0.3) is 0 Å². The van der Waals surface area contributed by atoms with Crippen LogP contribution in [0.5, 0.6) is 0 Å². The number of carboxylic acids is 2. The quantitative estimate of drug-likeness (QED) is 0.543. The molecule has 6 nitrogen and oxygen atoms in total. The Bertz CT molecular complexity index is 230. The lowest BCUT2D eigenvalue weighted by atomic mass is 9.91. The molecule has 0 aliphatic carbocycles. The number of likely N-dealkylation sites (N-methyl/N-ethyl adjacent to an activating group) is 1. The van der Waals surface area contributed by atoms with Gasteiger partial charge in [-0.15, -0.1) is 0 Å². The molecule has 0 heterocycles. The maximum Gasteiger partial charge on any atom is 0.327 e. The van der Waals surface area contributed by atoms with E-state index in [0.717, 1.165) is 0 Å². The summed E-state index contributed by atoms with van der Waals surface area (Å²) >= 11 is 0. The molecule has 0 aromatic carbocycles. The Labute approximate surface area is 81.7 Å². The van der Waals surface area contributed by atoms with Crippen molar-refractivity contribution in [2.45, 2.75) is 32.2 Å². The lowest BCUT2D eigenvalue weighted by molar-refractivity contribution is -0.202. The molecule has 0 saturated carbocycles. The van der Waals surface area contributed by atoms with Gasteiger partial charge in [0.15, 0.2) is 5.54 Å². The average Bonchev–Trinajstić information content (AvgIpc) is 2.12. The van der Waals surface area contributed by atoms with Crippen LogP contribution < -0.4 is 0 Å². The predicted octanol–water partition coefficient (Wildman–Crippen LogP) is 0.406. The molecule has 0 bridgehead atoms. The molecule has 0 radical (unpaired) electrons. The minimum atomic E-state index is -1.72. The van der Waals surface area contributed by atoms with E-state index in [4.69, 9.17) is 10.2 Å². The van der Waals surface area contributed by atoms with Crippen LogP contribution in [0.3, 0.4) is 0 Å². The first-order chi connectivity index (χ1) is 6.40. The van der Waals surface area contributed by atoms with E-state index in [-0.39, 0.29) is 13.0 Å².